The van der Waals surface area contributed by atoms with E-state index < -0.39 is 17.3 Å². The second kappa shape index (κ2) is 8.89. The lowest BCUT2D eigenvalue weighted by Crippen LogP contribution is -2.37. The van der Waals surface area contributed by atoms with E-state index in [0.29, 0.717) is 35.2 Å². The Balaban J connectivity index is 1.24. The number of rotatable bonds is 4. The Morgan fingerprint density at radius 2 is 2.00 bits per heavy atom. The molecule has 0 unspecified atom stereocenters. The summed E-state index contributed by atoms with van der Waals surface area (Å²) < 4.78 is 26.4. The number of carbonyl (C=O) groups excluding carboxylic acids is 2. The number of pyridine rings is 1. The normalized spacial score (nSPS) is 18.1. The van der Waals surface area contributed by atoms with Gasteiger partial charge in [0.1, 0.15) is 28.8 Å². The summed E-state index contributed by atoms with van der Waals surface area (Å²) in [5, 5.41) is 7.09. The average Bonchev–Trinajstić information content (AvgIpc) is 3.21. The van der Waals surface area contributed by atoms with Gasteiger partial charge in [-0.25, -0.2) is 14.2 Å². The maximum atomic E-state index is 13.5. The molecule has 2 aliphatic rings. The van der Waals surface area contributed by atoms with Crippen LogP contribution in [0.1, 0.15) is 68.0 Å². The second-order valence-corrected chi connectivity index (χ2v) is 11.5. The molecule has 11 heteroatoms. The molecule has 6 rings (SSSR count). The van der Waals surface area contributed by atoms with Crippen LogP contribution in [-0.4, -0.2) is 48.6 Å². The highest BCUT2D eigenvalue weighted by Crippen LogP contribution is 2.58. The minimum atomic E-state index is -0.608. The number of imidazole rings is 1. The molecule has 1 saturated carbocycles. The molecule has 1 spiro atoms. The van der Waals surface area contributed by atoms with Gasteiger partial charge in [-0.15, -0.1) is 0 Å². The summed E-state index contributed by atoms with van der Waals surface area (Å²) in [6.45, 7) is 8.02. The number of fused-ring (bicyclic) bond motifs is 1. The summed E-state index contributed by atoms with van der Waals surface area (Å²) >= 11 is 0. The zero-order valence-corrected chi connectivity index (χ0v) is 22.2. The zero-order chi connectivity index (χ0) is 27.5. The van der Waals surface area contributed by atoms with Crippen LogP contribution in [0, 0.1) is 18.2 Å². The Kier molecular flexibility index (Phi) is 5.70. The number of ether oxygens (including phenoxy) is 1. The predicted octanol–water partition coefficient (Wildman–Crippen LogP) is 5.55. The third kappa shape index (κ3) is 4.84. The van der Waals surface area contributed by atoms with Crippen LogP contribution in [0.4, 0.5) is 14.9 Å². The molecule has 1 atom stereocenters. The molecule has 10 nitrogen and oxygen atoms in total. The Morgan fingerprint density at radius 3 is 2.74 bits per heavy atom. The first-order valence-electron chi connectivity index (χ1n) is 12.9. The van der Waals surface area contributed by atoms with Crippen LogP contribution in [0.2, 0.25) is 0 Å². The summed E-state index contributed by atoms with van der Waals surface area (Å²) in [6, 6.07) is 7.65. The molecule has 1 aliphatic heterocycles. The molecule has 202 valence electrons. The summed E-state index contributed by atoms with van der Waals surface area (Å²) in [5.41, 5.74) is 2.14. The minimum absolute atomic E-state index is 0.0983. The van der Waals surface area contributed by atoms with Crippen LogP contribution in [0.3, 0.4) is 0 Å². The molecule has 1 aromatic carbocycles. The largest absolute Gasteiger partial charge is 0.444 e. The van der Waals surface area contributed by atoms with Gasteiger partial charge in [-0.3, -0.25) is 14.1 Å². The van der Waals surface area contributed by atoms with Crippen molar-refractivity contribution in [2.75, 3.05) is 11.9 Å². The van der Waals surface area contributed by atoms with Gasteiger partial charge in [-0.05, 0) is 70.1 Å². The molecule has 39 heavy (non-hydrogen) atoms. The summed E-state index contributed by atoms with van der Waals surface area (Å²) in [4.78, 5) is 36.5. The first-order chi connectivity index (χ1) is 18.5. The van der Waals surface area contributed by atoms with E-state index >= 15 is 0 Å². The van der Waals surface area contributed by atoms with Crippen LogP contribution in [0.25, 0.3) is 17.0 Å². The fourth-order valence-electron chi connectivity index (χ4n) is 5.02. The Bertz CT molecular complexity index is 1600. The van der Waals surface area contributed by atoms with Gasteiger partial charge < -0.3 is 14.6 Å². The van der Waals surface area contributed by atoms with Crippen LogP contribution in [-0.2, 0) is 4.74 Å². The van der Waals surface area contributed by atoms with Crippen molar-refractivity contribution in [3.8, 4) is 11.4 Å². The molecule has 0 bridgehead atoms. The number of carbonyl (C=O) groups is 2. The number of aromatic nitrogens is 4. The van der Waals surface area contributed by atoms with E-state index in [1.807, 2.05) is 39.8 Å². The van der Waals surface area contributed by atoms with Crippen LogP contribution >= 0.6 is 0 Å². The van der Waals surface area contributed by atoms with E-state index in [-0.39, 0.29) is 23.2 Å². The Morgan fingerprint density at radius 1 is 1.21 bits per heavy atom. The number of benzene rings is 1. The quantitative estimate of drug-likeness (QED) is 0.367. The lowest BCUT2D eigenvalue weighted by molar-refractivity contribution is 0.0193. The molecule has 1 aliphatic carbocycles. The van der Waals surface area contributed by atoms with Crippen molar-refractivity contribution in [2.24, 2.45) is 5.41 Å². The first kappa shape index (κ1) is 25.0. The molecular weight excluding hydrogens is 503 g/mol. The topological polar surface area (TPSA) is 115 Å². The lowest BCUT2D eigenvalue weighted by atomic mass is 10.0. The van der Waals surface area contributed by atoms with Gasteiger partial charge in [0.15, 0.2) is 0 Å². The van der Waals surface area contributed by atoms with Crippen molar-refractivity contribution in [3.05, 3.63) is 65.7 Å². The fourth-order valence-corrected chi connectivity index (χ4v) is 5.02. The van der Waals surface area contributed by atoms with Crippen molar-refractivity contribution >= 4 is 23.3 Å². The number of anilines is 1. The van der Waals surface area contributed by atoms with Gasteiger partial charge in [0.25, 0.3) is 5.91 Å². The van der Waals surface area contributed by atoms with Crippen molar-refractivity contribution in [1.29, 1.82) is 0 Å². The first-order valence-corrected chi connectivity index (χ1v) is 12.9. The lowest BCUT2D eigenvalue weighted by Gasteiger charge is -2.27. The third-order valence-corrected chi connectivity index (χ3v) is 7.27. The number of nitrogens with zero attached hydrogens (tertiary/aromatic N) is 5. The van der Waals surface area contributed by atoms with Gasteiger partial charge in [-0.2, -0.15) is 4.98 Å². The van der Waals surface area contributed by atoms with E-state index in [1.165, 1.54) is 28.9 Å². The summed E-state index contributed by atoms with van der Waals surface area (Å²) in [5.74, 6) is -0.102. The number of amides is 2. The Labute approximate surface area is 224 Å². The van der Waals surface area contributed by atoms with Gasteiger partial charge in [0, 0.05) is 30.1 Å². The molecule has 3 aromatic heterocycles. The highest BCUT2D eigenvalue weighted by atomic mass is 19.1. The van der Waals surface area contributed by atoms with Gasteiger partial charge >= 0.3 is 6.09 Å². The van der Waals surface area contributed by atoms with Crippen LogP contribution in [0.15, 0.2) is 47.2 Å². The van der Waals surface area contributed by atoms with E-state index in [1.54, 1.807) is 11.0 Å². The van der Waals surface area contributed by atoms with E-state index in [4.69, 9.17) is 9.26 Å². The SMILES string of the molecule is Cc1ccc(-c2noc([C@@H]3CC4(CC4)CN3C(=O)OC(C)(C)C)n2)cc1NC(=O)c1cnc2cc(F)ccn12. The van der Waals surface area contributed by atoms with Gasteiger partial charge in [0.2, 0.25) is 11.7 Å². The number of hydrogen-bond acceptors (Lipinski definition) is 7. The van der Waals surface area contributed by atoms with Crippen LogP contribution < -0.4 is 5.32 Å². The van der Waals surface area contributed by atoms with Crippen molar-refractivity contribution in [1.82, 2.24) is 24.4 Å². The Hall–Kier alpha value is -4.28. The maximum Gasteiger partial charge on any atom is 0.410 e. The molecule has 4 heterocycles. The van der Waals surface area contributed by atoms with Gasteiger partial charge in [-0.1, -0.05) is 17.3 Å². The van der Waals surface area contributed by atoms with E-state index in [9.17, 15) is 14.0 Å². The molecule has 1 saturated heterocycles. The van der Waals surface area contributed by atoms with E-state index in [2.05, 4.69) is 20.4 Å². The molecular formula is C28H29FN6O4. The third-order valence-electron chi connectivity index (χ3n) is 7.27. The number of halogens is 1. The molecule has 4 aromatic rings. The number of hydrogen-bond donors (Lipinski definition) is 1. The number of nitrogens with one attached hydrogen (secondary N) is 1. The summed E-state index contributed by atoms with van der Waals surface area (Å²) in [7, 11) is 0. The van der Waals surface area contributed by atoms with Crippen molar-refractivity contribution < 1.29 is 23.2 Å². The summed E-state index contributed by atoms with van der Waals surface area (Å²) in [6.07, 6.45) is 5.36. The zero-order valence-electron chi connectivity index (χ0n) is 22.2. The average molecular weight is 533 g/mol. The smallest absolute Gasteiger partial charge is 0.410 e. The van der Waals surface area contributed by atoms with Crippen molar-refractivity contribution in [2.45, 2.75) is 58.6 Å². The predicted molar refractivity (Wildman–Crippen MR) is 140 cm³/mol. The highest BCUT2D eigenvalue weighted by molar-refractivity contribution is 6.04. The molecule has 0 radical (unpaired) electrons. The molecule has 2 amide bonds. The van der Waals surface area contributed by atoms with Crippen LogP contribution in [0.5, 0.6) is 0 Å². The standard InChI is InChI=1S/C28H29FN6O4/c1-16-5-6-17(11-19(16)31-24(36)21-14-30-22-12-18(29)7-10-34(21)22)23-32-25(39-33-23)20-13-28(8-9-28)15-35(20)26(37)38-27(2,3)4/h5-7,10-12,14,20H,8-9,13,15H2,1-4H3,(H,31,36)/t20-/m0/s1. The van der Waals surface area contributed by atoms with Gasteiger partial charge in [0.05, 0.1) is 6.20 Å². The number of aryl methyl sites for hydroxylation is 1. The second-order valence-electron chi connectivity index (χ2n) is 11.5. The highest BCUT2D eigenvalue weighted by Gasteiger charge is 2.55. The minimum Gasteiger partial charge on any atom is -0.444 e. The maximum absolute atomic E-state index is 13.5. The van der Waals surface area contributed by atoms with E-state index in [0.717, 1.165) is 24.8 Å². The number of likely N-dealkylation sites (tertiary alicyclic amines) is 1. The molecule has 2 fully saturated rings. The monoisotopic (exact) mass is 532 g/mol. The molecule has 1 N–H and O–H groups in total. The fraction of sp³-hybridized carbons (Fsp3) is 0.393. The van der Waals surface area contributed by atoms with Crippen molar-refractivity contribution in [3.63, 3.8) is 0 Å².